The molecule has 0 nitrogen and oxygen atoms in total. The molecular formula is C28H52Cl2SiTi. The molecule has 0 aromatic carbocycles. The molecular weight excluding hydrogens is 483 g/mol. The van der Waals surface area contributed by atoms with Gasteiger partial charge in [0, 0.05) is 0 Å². The second kappa shape index (κ2) is 11.5. The van der Waals surface area contributed by atoms with Gasteiger partial charge in [-0.3, -0.25) is 0 Å². The molecule has 0 amide bonds. The summed E-state index contributed by atoms with van der Waals surface area (Å²) >= 11 is -2.98. The topological polar surface area (TPSA) is 0 Å². The van der Waals surface area contributed by atoms with E-state index < -0.39 is 14.0 Å². The number of halogens is 2. The smallest absolute Gasteiger partial charge is 0.147 e. The van der Waals surface area contributed by atoms with Gasteiger partial charge in [0.1, 0.15) is 0 Å². The molecule has 4 heteroatoms. The number of rotatable bonds is 8. The second-order valence-electron chi connectivity index (χ2n) is 13.1. The molecule has 0 unspecified atom stereocenters. The van der Waals surface area contributed by atoms with E-state index in [1.54, 1.807) is 22.3 Å². The van der Waals surface area contributed by atoms with E-state index in [4.69, 9.17) is 0 Å². The molecule has 0 aromatic heterocycles. The first-order valence-corrected chi connectivity index (χ1v) is 21.2. The van der Waals surface area contributed by atoms with Crippen LogP contribution in [-0.4, -0.2) is 7.63 Å². The van der Waals surface area contributed by atoms with Crippen molar-refractivity contribution < 1.29 is 14.0 Å². The number of hydrogen-bond donors (Lipinski definition) is 0. The molecule has 0 fully saturated rings. The van der Waals surface area contributed by atoms with Crippen LogP contribution in [0.4, 0.5) is 0 Å². The van der Waals surface area contributed by atoms with Crippen molar-refractivity contribution in [2.24, 2.45) is 10.8 Å². The van der Waals surface area contributed by atoms with Crippen LogP contribution < -0.4 is 0 Å². The van der Waals surface area contributed by atoms with Crippen LogP contribution in [0.5, 0.6) is 0 Å². The maximum atomic E-state index is 2.75. The van der Waals surface area contributed by atoms with Crippen LogP contribution in [0.3, 0.4) is 0 Å². The molecule has 0 saturated heterocycles. The van der Waals surface area contributed by atoms with E-state index in [0.717, 1.165) is 0 Å². The Kier molecular flexibility index (Phi) is 11.6. The summed E-state index contributed by atoms with van der Waals surface area (Å²) in [6, 6.07) is 0. The van der Waals surface area contributed by atoms with E-state index in [2.05, 4.69) is 85.6 Å². The summed E-state index contributed by atoms with van der Waals surface area (Å²) in [4.78, 5) is 0. The Balaban J connectivity index is 0.00000480. The van der Waals surface area contributed by atoms with Crippen molar-refractivity contribution in [1.82, 2.24) is 0 Å². The Bertz CT molecular complexity index is 798. The van der Waals surface area contributed by atoms with Gasteiger partial charge in [0.05, 0.1) is 0 Å². The number of allylic oxidation sites excluding steroid dienone is 8. The summed E-state index contributed by atoms with van der Waals surface area (Å²) in [7, 11) is 2.46. The van der Waals surface area contributed by atoms with Crippen LogP contribution in [0.1, 0.15) is 107 Å². The summed E-state index contributed by atoms with van der Waals surface area (Å²) in [5, 5.41) is 5.49. The predicted molar refractivity (Wildman–Crippen MR) is 152 cm³/mol. The van der Waals surface area contributed by atoms with E-state index in [1.807, 2.05) is 7.76 Å². The quantitative estimate of drug-likeness (QED) is 0.271. The molecule has 0 spiro atoms. The monoisotopic (exact) mass is 534 g/mol. The van der Waals surface area contributed by atoms with Gasteiger partial charge in [0.15, 0.2) is 0 Å². The van der Waals surface area contributed by atoms with Crippen LogP contribution in [0.15, 0.2) is 42.2 Å². The maximum Gasteiger partial charge on any atom is -0.147 e. The van der Waals surface area contributed by atoms with Gasteiger partial charge in [0.2, 0.25) is 0 Å². The summed E-state index contributed by atoms with van der Waals surface area (Å²) in [5.74, 6) is 0. The maximum absolute atomic E-state index is 2.98. The van der Waals surface area contributed by atoms with Gasteiger partial charge in [0.25, 0.3) is 0 Å². The molecule has 186 valence electrons. The fraction of sp³-hybridized carbons (Fsp3) is 0.714. The van der Waals surface area contributed by atoms with Gasteiger partial charge >= 0.3 is 192 Å². The largest absolute Gasteiger partial charge is 0.147 e. The Morgan fingerprint density at radius 1 is 0.719 bits per heavy atom. The van der Waals surface area contributed by atoms with Crippen molar-refractivity contribution in [3.8, 4) is 0 Å². The molecule has 0 N–H and O–H groups in total. The summed E-state index contributed by atoms with van der Waals surface area (Å²) in [5.41, 5.74) is 7.36. The van der Waals surface area contributed by atoms with Crippen LogP contribution in [0.25, 0.3) is 0 Å². The van der Waals surface area contributed by atoms with Crippen molar-refractivity contribution in [2.75, 3.05) is 0 Å². The van der Waals surface area contributed by atoms with E-state index in [9.17, 15) is 0 Å². The van der Waals surface area contributed by atoms with Crippen molar-refractivity contribution in [3.05, 3.63) is 42.2 Å². The zero-order valence-electron chi connectivity index (χ0n) is 22.8. The minimum atomic E-state index is -2.98. The molecule has 0 aromatic rings. The first-order valence-electron chi connectivity index (χ1n) is 12.5. The third-order valence-electron chi connectivity index (χ3n) is 7.67. The van der Waals surface area contributed by atoms with E-state index in [1.165, 1.54) is 51.4 Å². The summed E-state index contributed by atoms with van der Waals surface area (Å²) < 4.78 is 3.80. The predicted octanol–water partition coefficient (Wildman–Crippen LogP) is 9.80. The molecule has 32 heavy (non-hydrogen) atoms. The molecule has 0 bridgehead atoms. The van der Waals surface area contributed by atoms with Crippen LogP contribution in [0.2, 0.25) is 10.5 Å². The van der Waals surface area contributed by atoms with E-state index >= 15 is 0 Å². The van der Waals surface area contributed by atoms with Crippen LogP contribution >= 0.6 is 24.8 Å². The van der Waals surface area contributed by atoms with Crippen molar-refractivity contribution in [2.45, 2.75) is 117 Å². The minimum Gasteiger partial charge on any atom is -0.147 e. The molecule has 0 heterocycles. The van der Waals surface area contributed by atoms with Gasteiger partial charge in [-0.25, -0.2) is 0 Å². The van der Waals surface area contributed by atoms with E-state index in [0.29, 0.717) is 0 Å². The number of unbranched alkanes of at least 4 members (excludes halogenated alkanes) is 2. The number of hydrogen-bond acceptors (Lipinski definition) is 0. The molecule has 0 atom stereocenters. The second-order valence-corrected chi connectivity index (χ2v) is 32.1. The molecule has 0 radical (unpaired) electrons. The molecule has 2 aliphatic carbocycles. The zero-order valence-corrected chi connectivity index (χ0v) is 27.4. The summed E-state index contributed by atoms with van der Waals surface area (Å²) in [6.07, 6.45) is 15.5. The van der Waals surface area contributed by atoms with E-state index in [-0.39, 0.29) is 35.6 Å². The first kappa shape index (κ1) is 32.5. The van der Waals surface area contributed by atoms with Crippen LogP contribution in [-0.2, 0) is 14.0 Å². The Morgan fingerprint density at radius 2 is 1.03 bits per heavy atom. The summed E-state index contributed by atoms with van der Waals surface area (Å²) in [6.45, 7) is 19.1. The molecule has 2 rings (SSSR count). The Morgan fingerprint density at radius 3 is 1.28 bits per heavy atom. The zero-order chi connectivity index (χ0) is 23.0. The van der Waals surface area contributed by atoms with Gasteiger partial charge in [-0.1, -0.05) is 0 Å². The average Bonchev–Trinajstić information content (AvgIpc) is 3.22. The normalized spacial score (nSPS) is 17.8. The Hall–Kier alpha value is 0.471. The standard InChI is InChI=1S/2C13H21.2CH3.2ClH.H2Si.Ti/c2*1-5-6-7-11-8-9-12(10-11)13(2,3)4;;;;;;/h2*10H,5-7,9H2,1-4H3;2*1H3;2*1H;1H2;. The van der Waals surface area contributed by atoms with Gasteiger partial charge < -0.3 is 0 Å². The minimum absolute atomic E-state index is 0. The SMILES string of the molecule is CCCCC1=[C]([Ti]([CH3])([CH3])(=[SiH2])[C]2=C(CCCC)C=C(C(C)(C)C)C2)CC(C(C)(C)C)=C1.Cl.Cl. The van der Waals surface area contributed by atoms with Gasteiger partial charge in [-0.05, 0) is 0 Å². The van der Waals surface area contributed by atoms with Crippen molar-refractivity contribution in [1.29, 1.82) is 0 Å². The third kappa shape index (κ3) is 7.24. The van der Waals surface area contributed by atoms with Crippen LogP contribution in [0, 0.1) is 10.8 Å². The van der Waals surface area contributed by atoms with Crippen molar-refractivity contribution in [3.63, 3.8) is 0 Å². The van der Waals surface area contributed by atoms with Gasteiger partial charge in [-0.15, -0.1) is 24.8 Å². The average molecular weight is 536 g/mol. The third-order valence-corrected chi connectivity index (χ3v) is 18.8. The van der Waals surface area contributed by atoms with Gasteiger partial charge in [-0.2, -0.15) is 0 Å². The molecule has 0 aliphatic heterocycles. The fourth-order valence-corrected chi connectivity index (χ4v) is 14.9. The van der Waals surface area contributed by atoms with Crippen molar-refractivity contribution >= 4 is 32.4 Å². The first-order chi connectivity index (χ1) is 13.6. The Labute approximate surface area is 215 Å². The fourth-order valence-electron chi connectivity index (χ4n) is 5.23. The molecule has 2 aliphatic rings. The molecule has 0 saturated carbocycles.